The average Bonchev–Trinajstić information content (AvgIpc) is 2.67. The van der Waals surface area contributed by atoms with Gasteiger partial charge in [0, 0.05) is 19.6 Å². The highest BCUT2D eigenvalue weighted by Gasteiger charge is 2.09. The highest BCUT2D eigenvalue weighted by Crippen LogP contribution is 2.13. The molecule has 5 heteroatoms. The van der Waals surface area contributed by atoms with Gasteiger partial charge >= 0.3 is 0 Å². The molecule has 2 aromatic rings. The van der Waals surface area contributed by atoms with Crippen molar-refractivity contribution in [2.24, 2.45) is 5.10 Å². The first-order valence-electron chi connectivity index (χ1n) is 8.77. The molecule has 1 N–H and O–H groups in total. The SMILES string of the molecule is C(=NNc1ccccc1)c1cccc(OCCCN2CCOCC2)c1. The molecule has 2 aromatic carbocycles. The Kier molecular flexibility index (Phi) is 6.85. The van der Waals surface area contributed by atoms with Gasteiger partial charge < -0.3 is 9.47 Å². The summed E-state index contributed by atoms with van der Waals surface area (Å²) in [4.78, 5) is 2.42. The van der Waals surface area contributed by atoms with Crippen LogP contribution in [0.2, 0.25) is 0 Å². The molecule has 0 spiro atoms. The summed E-state index contributed by atoms with van der Waals surface area (Å²) < 4.78 is 11.2. The zero-order valence-electron chi connectivity index (χ0n) is 14.4. The molecule has 0 aromatic heterocycles. The standard InChI is InChI=1S/C20H25N3O2/c1-2-7-19(8-3-1)22-21-17-18-6-4-9-20(16-18)25-13-5-10-23-11-14-24-15-12-23/h1-4,6-9,16-17,22H,5,10-15H2. The quantitative estimate of drug-likeness (QED) is 0.456. The van der Waals surface area contributed by atoms with E-state index >= 15 is 0 Å². The summed E-state index contributed by atoms with van der Waals surface area (Å²) in [7, 11) is 0. The van der Waals surface area contributed by atoms with Crippen molar-refractivity contribution in [3.63, 3.8) is 0 Å². The summed E-state index contributed by atoms with van der Waals surface area (Å²) in [6.07, 6.45) is 2.82. The van der Waals surface area contributed by atoms with Crippen molar-refractivity contribution in [3.05, 3.63) is 60.2 Å². The lowest BCUT2D eigenvalue weighted by Crippen LogP contribution is -2.37. The third kappa shape index (κ3) is 6.21. The molecule has 0 aliphatic carbocycles. The largest absolute Gasteiger partial charge is 0.494 e. The van der Waals surface area contributed by atoms with Crippen LogP contribution in [0.3, 0.4) is 0 Å². The van der Waals surface area contributed by atoms with Crippen molar-refractivity contribution < 1.29 is 9.47 Å². The zero-order valence-corrected chi connectivity index (χ0v) is 14.4. The highest BCUT2D eigenvalue weighted by atomic mass is 16.5. The molecule has 5 nitrogen and oxygen atoms in total. The van der Waals surface area contributed by atoms with Crippen molar-refractivity contribution in [3.8, 4) is 5.75 Å². The molecule has 132 valence electrons. The summed E-state index contributed by atoms with van der Waals surface area (Å²) >= 11 is 0. The van der Waals surface area contributed by atoms with E-state index < -0.39 is 0 Å². The van der Waals surface area contributed by atoms with Gasteiger partial charge in [-0.25, -0.2) is 0 Å². The molecule has 0 bridgehead atoms. The number of benzene rings is 2. The van der Waals surface area contributed by atoms with Gasteiger partial charge in [0.05, 0.1) is 31.7 Å². The van der Waals surface area contributed by atoms with Gasteiger partial charge in [0.15, 0.2) is 0 Å². The van der Waals surface area contributed by atoms with Crippen LogP contribution in [0.4, 0.5) is 5.69 Å². The van der Waals surface area contributed by atoms with Gasteiger partial charge in [-0.2, -0.15) is 5.10 Å². The minimum atomic E-state index is 0.722. The van der Waals surface area contributed by atoms with Gasteiger partial charge in [-0.05, 0) is 36.2 Å². The van der Waals surface area contributed by atoms with E-state index in [-0.39, 0.29) is 0 Å². The molecule has 3 rings (SSSR count). The Morgan fingerprint density at radius 2 is 1.92 bits per heavy atom. The predicted molar refractivity (Wildman–Crippen MR) is 101 cm³/mol. The van der Waals surface area contributed by atoms with Gasteiger partial charge in [0.2, 0.25) is 0 Å². The monoisotopic (exact) mass is 339 g/mol. The van der Waals surface area contributed by atoms with E-state index in [1.54, 1.807) is 6.21 Å². The second kappa shape index (κ2) is 9.81. The maximum atomic E-state index is 5.86. The Bertz CT molecular complexity index is 655. The zero-order chi connectivity index (χ0) is 17.2. The summed E-state index contributed by atoms with van der Waals surface area (Å²) in [5.74, 6) is 0.880. The number of hydrazone groups is 1. The first kappa shape index (κ1) is 17.5. The Labute approximate surface area is 149 Å². The van der Waals surface area contributed by atoms with E-state index in [1.165, 1.54) is 0 Å². The number of nitrogens with one attached hydrogen (secondary N) is 1. The third-order valence-electron chi connectivity index (χ3n) is 4.03. The molecule has 1 saturated heterocycles. The van der Waals surface area contributed by atoms with Gasteiger partial charge in [-0.3, -0.25) is 10.3 Å². The van der Waals surface area contributed by atoms with E-state index in [9.17, 15) is 0 Å². The number of anilines is 1. The van der Waals surface area contributed by atoms with E-state index in [0.29, 0.717) is 0 Å². The number of nitrogens with zero attached hydrogens (tertiary/aromatic N) is 2. The predicted octanol–water partition coefficient (Wildman–Crippen LogP) is 3.23. The van der Waals surface area contributed by atoms with Crippen LogP contribution in [0, 0.1) is 0 Å². The number of para-hydroxylation sites is 1. The fourth-order valence-electron chi connectivity index (χ4n) is 2.68. The summed E-state index contributed by atoms with van der Waals surface area (Å²) in [5.41, 5.74) is 4.99. The van der Waals surface area contributed by atoms with Crippen LogP contribution < -0.4 is 10.2 Å². The molecular weight excluding hydrogens is 314 g/mol. The first-order chi connectivity index (χ1) is 12.4. The van der Waals surface area contributed by atoms with Gasteiger partial charge in [-0.1, -0.05) is 30.3 Å². The van der Waals surface area contributed by atoms with Crippen LogP contribution in [-0.4, -0.2) is 50.6 Å². The highest BCUT2D eigenvalue weighted by molar-refractivity contribution is 5.80. The topological polar surface area (TPSA) is 46.1 Å². The lowest BCUT2D eigenvalue weighted by Gasteiger charge is -2.26. The molecule has 0 radical (unpaired) electrons. The molecule has 1 aliphatic heterocycles. The number of ether oxygens (including phenoxy) is 2. The molecule has 0 atom stereocenters. The van der Waals surface area contributed by atoms with E-state index in [2.05, 4.69) is 15.4 Å². The lowest BCUT2D eigenvalue weighted by atomic mass is 10.2. The minimum Gasteiger partial charge on any atom is -0.494 e. The molecule has 25 heavy (non-hydrogen) atoms. The Morgan fingerprint density at radius 1 is 1.08 bits per heavy atom. The molecular formula is C20H25N3O2. The van der Waals surface area contributed by atoms with Gasteiger partial charge in [0.25, 0.3) is 0 Å². The maximum absolute atomic E-state index is 5.86. The third-order valence-corrected chi connectivity index (χ3v) is 4.03. The smallest absolute Gasteiger partial charge is 0.119 e. The van der Waals surface area contributed by atoms with Crippen LogP contribution in [0.5, 0.6) is 5.75 Å². The molecule has 1 heterocycles. The van der Waals surface area contributed by atoms with E-state index in [4.69, 9.17) is 9.47 Å². The van der Waals surface area contributed by atoms with Crippen molar-refractivity contribution in [1.82, 2.24) is 4.90 Å². The molecule has 1 fully saturated rings. The van der Waals surface area contributed by atoms with Crippen LogP contribution in [0.15, 0.2) is 59.7 Å². The van der Waals surface area contributed by atoms with Crippen molar-refractivity contribution >= 4 is 11.9 Å². The van der Waals surface area contributed by atoms with E-state index in [1.807, 2.05) is 54.6 Å². The van der Waals surface area contributed by atoms with Gasteiger partial charge in [0.1, 0.15) is 5.75 Å². The van der Waals surface area contributed by atoms with Crippen LogP contribution in [-0.2, 0) is 4.74 Å². The van der Waals surface area contributed by atoms with Crippen molar-refractivity contribution in [2.75, 3.05) is 44.9 Å². The van der Waals surface area contributed by atoms with Crippen LogP contribution in [0.25, 0.3) is 0 Å². The molecule has 1 aliphatic rings. The molecule has 0 unspecified atom stereocenters. The van der Waals surface area contributed by atoms with Crippen molar-refractivity contribution in [2.45, 2.75) is 6.42 Å². The summed E-state index contributed by atoms with van der Waals surface area (Å²) in [5, 5.41) is 4.26. The Balaban J connectivity index is 1.41. The Hall–Kier alpha value is -2.37. The average molecular weight is 339 g/mol. The molecule has 0 saturated carbocycles. The van der Waals surface area contributed by atoms with Crippen LogP contribution in [0.1, 0.15) is 12.0 Å². The minimum absolute atomic E-state index is 0.722. The maximum Gasteiger partial charge on any atom is 0.119 e. The summed E-state index contributed by atoms with van der Waals surface area (Å²) in [6.45, 7) is 5.53. The summed E-state index contributed by atoms with van der Waals surface area (Å²) in [6, 6.07) is 17.9. The fraction of sp³-hybridized carbons (Fsp3) is 0.350. The number of hydrogen-bond donors (Lipinski definition) is 1. The van der Waals surface area contributed by atoms with Crippen LogP contribution >= 0.6 is 0 Å². The number of rotatable bonds is 8. The van der Waals surface area contributed by atoms with Crippen molar-refractivity contribution in [1.29, 1.82) is 0 Å². The molecule has 0 amide bonds. The Morgan fingerprint density at radius 3 is 2.76 bits per heavy atom. The second-order valence-corrected chi connectivity index (χ2v) is 5.96. The van der Waals surface area contributed by atoms with Gasteiger partial charge in [-0.15, -0.1) is 0 Å². The fourth-order valence-corrected chi connectivity index (χ4v) is 2.68. The number of morpholine rings is 1. The second-order valence-electron chi connectivity index (χ2n) is 5.96. The first-order valence-corrected chi connectivity index (χ1v) is 8.77. The number of hydrogen-bond acceptors (Lipinski definition) is 5. The van der Waals surface area contributed by atoms with E-state index in [0.717, 1.165) is 62.9 Å². The normalized spacial score (nSPS) is 15.4. The lowest BCUT2D eigenvalue weighted by molar-refractivity contribution is 0.0358.